The molecule has 3 aromatic rings. The highest BCUT2D eigenvalue weighted by Gasteiger charge is 2.26. The van der Waals surface area contributed by atoms with Crippen LogP contribution in [0.4, 0.5) is 0 Å². The Hall–Kier alpha value is -3.22. The molecule has 0 saturated heterocycles. The number of nitrogens with one attached hydrogen (secondary N) is 1. The predicted octanol–water partition coefficient (Wildman–Crippen LogP) is 4.11. The van der Waals surface area contributed by atoms with Crippen molar-refractivity contribution in [1.82, 2.24) is 15.5 Å². The number of esters is 1. The zero-order chi connectivity index (χ0) is 21.3. The monoisotopic (exact) mass is 407 g/mol. The highest BCUT2D eigenvalue weighted by molar-refractivity contribution is 6.05. The molecule has 0 aliphatic heterocycles. The molecular weight excluding hydrogens is 382 g/mol. The van der Waals surface area contributed by atoms with Gasteiger partial charge in [0.15, 0.2) is 6.10 Å². The first-order valence-electron chi connectivity index (χ1n) is 10.3. The van der Waals surface area contributed by atoms with Gasteiger partial charge in [0.1, 0.15) is 0 Å². The van der Waals surface area contributed by atoms with E-state index in [-0.39, 0.29) is 23.2 Å². The minimum Gasteiger partial charge on any atom is -0.449 e. The van der Waals surface area contributed by atoms with Crippen LogP contribution in [0.3, 0.4) is 0 Å². The van der Waals surface area contributed by atoms with Gasteiger partial charge >= 0.3 is 5.97 Å². The van der Waals surface area contributed by atoms with Crippen LogP contribution in [-0.2, 0) is 9.53 Å². The molecule has 0 spiro atoms. The fourth-order valence-corrected chi connectivity index (χ4v) is 3.79. The van der Waals surface area contributed by atoms with E-state index < -0.39 is 12.1 Å². The van der Waals surface area contributed by atoms with Gasteiger partial charge in [0.25, 0.3) is 11.6 Å². The summed E-state index contributed by atoms with van der Waals surface area (Å²) in [4.78, 5) is 29.9. The van der Waals surface area contributed by atoms with Crippen LogP contribution >= 0.6 is 0 Å². The summed E-state index contributed by atoms with van der Waals surface area (Å²) in [6.45, 7) is 5.33. The molecule has 1 fully saturated rings. The Morgan fingerprint density at radius 2 is 1.87 bits per heavy atom. The molecule has 2 aromatic heterocycles. The maximum absolute atomic E-state index is 13.0. The predicted molar refractivity (Wildman–Crippen MR) is 112 cm³/mol. The second-order valence-electron chi connectivity index (χ2n) is 7.91. The molecule has 1 amide bonds. The zero-order valence-electron chi connectivity index (χ0n) is 17.4. The third-order valence-electron chi connectivity index (χ3n) is 5.54. The molecule has 4 rings (SSSR count). The number of benzene rings is 1. The van der Waals surface area contributed by atoms with Crippen molar-refractivity contribution >= 4 is 23.0 Å². The number of pyridine rings is 1. The lowest BCUT2D eigenvalue weighted by molar-refractivity contribution is -0.129. The topological polar surface area (TPSA) is 94.3 Å². The van der Waals surface area contributed by atoms with Crippen LogP contribution in [0.2, 0.25) is 0 Å². The van der Waals surface area contributed by atoms with Crippen LogP contribution in [0.25, 0.3) is 22.4 Å². The highest BCUT2D eigenvalue weighted by Crippen LogP contribution is 2.28. The molecular formula is C23H25N3O4. The van der Waals surface area contributed by atoms with Crippen LogP contribution in [0.15, 0.2) is 34.9 Å². The quantitative estimate of drug-likeness (QED) is 0.640. The minimum absolute atomic E-state index is 0.166. The van der Waals surface area contributed by atoms with Gasteiger partial charge in [-0.25, -0.2) is 9.78 Å². The van der Waals surface area contributed by atoms with Crippen molar-refractivity contribution in [3.8, 4) is 11.3 Å². The Morgan fingerprint density at radius 3 is 2.57 bits per heavy atom. The molecule has 2 heterocycles. The summed E-state index contributed by atoms with van der Waals surface area (Å²) in [5.74, 6) is -0.877. The van der Waals surface area contributed by atoms with Gasteiger partial charge in [0.05, 0.1) is 22.3 Å². The Kier molecular flexibility index (Phi) is 5.53. The first-order chi connectivity index (χ1) is 14.4. The van der Waals surface area contributed by atoms with Gasteiger partial charge < -0.3 is 14.6 Å². The number of nitrogens with zero attached hydrogens (tertiary/aromatic N) is 2. The summed E-state index contributed by atoms with van der Waals surface area (Å²) >= 11 is 0. The molecule has 1 unspecified atom stereocenters. The lowest BCUT2D eigenvalue weighted by atomic mass is 10.0. The van der Waals surface area contributed by atoms with Crippen molar-refractivity contribution in [2.24, 2.45) is 0 Å². The summed E-state index contributed by atoms with van der Waals surface area (Å²) in [5, 5.41) is 7.41. The van der Waals surface area contributed by atoms with Gasteiger partial charge in [-0.1, -0.05) is 47.8 Å². The second-order valence-corrected chi connectivity index (χ2v) is 7.91. The summed E-state index contributed by atoms with van der Waals surface area (Å²) < 4.78 is 10.8. The molecule has 30 heavy (non-hydrogen) atoms. The number of carbonyl (C=O) groups excluding carboxylic acids is 2. The lowest BCUT2D eigenvalue weighted by Gasteiger charge is -2.17. The van der Waals surface area contributed by atoms with E-state index in [1.807, 2.05) is 31.2 Å². The smallest absolute Gasteiger partial charge is 0.339 e. The van der Waals surface area contributed by atoms with Gasteiger partial charge in [-0.05, 0) is 39.7 Å². The van der Waals surface area contributed by atoms with E-state index in [9.17, 15) is 9.59 Å². The van der Waals surface area contributed by atoms with E-state index in [0.717, 1.165) is 36.8 Å². The Balaban J connectivity index is 1.61. The average molecular weight is 407 g/mol. The third kappa shape index (κ3) is 4.06. The van der Waals surface area contributed by atoms with Crippen LogP contribution in [0.5, 0.6) is 0 Å². The number of carbonyl (C=O) groups is 2. The van der Waals surface area contributed by atoms with E-state index in [4.69, 9.17) is 9.26 Å². The van der Waals surface area contributed by atoms with E-state index in [1.165, 1.54) is 0 Å². The van der Waals surface area contributed by atoms with Crippen molar-refractivity contribution in [1.29, 1.82) is 0 Å². The molecule has 1 N–H and O–H groups in total. The third-order valence-corrected chi connectivity index (χ3v) is 5.54. The van der Waals surface area contributed by atoms with Crippen molar-refractivity contribution in [2.75, 3.05) is 0 Å². The van der Waals surface area contributed by atoms with Crippen LogP contribution in [-0.4, -0.2) is 34.2 Å². The fraction of sp³-hybridized carbons (Fsp3) is 0.391. The minimum atomic E-state index is -0.899. The number of fused-ring (bicyclic) bond motifs is 1. The number of amides is 1. The Bertz CT molecular complexity index is 1080. The van der Waals surface area contributed by atoms with Gasteiger partial charge in [-0.15, -0.1) is 0 Å². The van der Waals surface area contributed by atoms with Crippen molar-refractivity contribution in [3.63, 3.8) is 0 Å². The second kappa shape index (κ2) is 8.26. The number of rotatable bonds is 5. The SMILES string of the molecule is Cc1ccc(-c2cc(C(=O)OC(C)C(=O)NC3CCCC3)c3c(C)noc3n2)cc1. The highest BCUT2D eigenvalue weighted by atomic mass is 16.5. The Labute approximate surface area is 174 Å². The van der Waals surface area contributed by atoms with Crippen molar-refractivity contribution in [3.05, 3.63) is 47.2 Å². The molecule has 1 atom stereocenters. The van der Waals surface area contributed by atoms with E-state index in [2.05, 4.69) is 15.5 Å². The normalized spacial score (nSPS) is 15.3. The number of aryl methyl sites for hydroxylation is 2. The van der Waals surface area contributed by atoms with Crippen LogP contribution in [0.1, 0.15) is 54.2 Å². The summed E-state index contributed by atoms with van der Waals surface area (Å²) in [5.41, 5.74) is 3.64. The number of hydrogen-bond donors (Lipinski definition) is 1. The largest absolute Gasteiger partial charge is 0.449 e. The van der Waals surface area contributed by atoms with Gasteiger partial charge in [-0.3, -0.25) is 4.79 Å². The van der Waals surface area contributed by atoms with E-state index in [0.29, 0.717) is 16.8 Å². The average Bonchev–Trinajstić information content (AvgIpc) is 3.37. The first-order valence-corrected chi connectivity index (χ1v) is 10.3. The first kappa shape index (κ1) is 20.1. The van der Waals surface area contributed by atoms with Crippen molar-refractivity contribution in [2.45, 2.75) is 58.6 Å². The fourth-order valence-electron chi connectivity index (χ4n) is 3.79. The van der Waals surface area contributed by atoms with Gasteiger partial charge in [0.2, 0.25) is 0 Å². The number of hydrogen-bond acceptors (Lipinski definition) is 6. The van der Waals surface area contributed by atoms with Gasteiger partial charge in [0, 0.05) is 11.6 Å². The van der Waals surface area contributed by atoms with E-state index >= 15 is 0 Å². The molecule has 1 aliphatic carbocycles. The maximum Gasteiger partial charge on any atom is 0.339 e. The molecule has 0 radical (unpaired) electrons. The lowest BCUT2D eigenvalue weighted by Crippen LogP contribution is -2.40. The van der Waals surface area contributed by atoms with E-state index in [1.54, 1.807) is 19.9 Å². The number of aromatic nitrogens is 2. The molecule has 1 saturated carbocycles. The molecule has 7 nitrogen and oxygen atoms in total. The molecule has 156 valence electrons. The standard InChI is InChI=1S/C23H25N3O4/c1-13-8-10-16(11-9-13)19-12-18(20-14(2)26-30-22(20)25-19)23(28)29-15(3)21(27)24-17-6-4-5-7-17/h8-12,15,17H,4-7H2,1-3H3,(H,24,27). The van der Waals surface area contributed by atoms with Gasteiger partial charge in [-0.2, -0.15) is 0 Å². The van der Waals surface area contributed by atoms with Crippen LogP contribution in [0, 0.1) is 13.8 Å². The number of ether oxygens (including phenoxy) is 1. The zero-order valence-corrected chi connectivity index (χ0v) is 17.4. The Morgan fingerprint density at radius 1 is 1.17 bits per heavy atom. The van der Waals surface area contributed by atoms with Crippen molar-refractivity contribution < 1.29 is 18.8 Å². The summed E-state index contributed by atoms with van der Waals surface area (Å²) in [7, 11) is 0. The molecule has 7 heteroatoms. The molecule has 1 aliphatic rings. The van der Waals surface area contributed by atoms with Crippen LogP contribution < -0.4 is 5.32 Å². The summed E-state index contributed by atoms with van der Waals surface area (Å²) in [6, 6.07) is 9.64. The molecule has 1 aromatic carbocycles. The maximum atomic E-state index is 13.0. The summed E-state index contributed by atoms with van der Waals surface area (Å²) in [6.07, 6.45) is 3.27. The molecule has 0 bridgehead atoms.